The second-order valence-electron chi connectivity index (χ2n) is 3.57. The predicted octanol–water partition coefficient (Wildman–Crippen LogP) is 2.85. The van der Waals surface area contributed by atoms with Crippen LogP contribution in [0.4, 0.5) is 0 Å². The summed E-state index contributed by atoms with van der Waals surface area (Å²) in [6.07, 6.45) is 4.47. The number of nitrogens with one attached hydrogen (secondary N) is 1. The van der Waals surface area contributed by atoms with Crippen LogP contribution in [-0.2, 0) is 6.42 Å². The van der Waals surface area contributed by atoms with Crippen molar-refractivity contribution in [2.24, 2.45) is 0 Å². The Kier molecular flexibility index (Phi) is 2.02. The molecule has 3 rings (SSSR count). The number of ether oxygens (including phenoxy) is 1. The van der Waals surface area contributed by atoms with Crippen LogP contribution < -0.4 is 4.74 Å². The Bertz CT molecular complexity index is 481. The first-order valence-electron chi connectivity index (χ1n) is 4.76. The molecule has 1 aromatic carbocycles. The summed E-state index contributed by atoms with van der Waals surface area (Å²) in [5.41, 5.74) is 2.27. The van der Waals surface area contributed by atoms with E-state index in [0.717, 1.165) is 22.3 Å². The molecule has 0 aliphatic carbocycles. The molecule has 4 heteroatoms. The van der Waals surface area contributed by atoms with Crippen LogP contribution in [0, 0.1) is 0 Å². The minimum absolute atomic E-state index is 0.0804. The SMILES string of the molecule is Brc1ccc2c(c1)CC(c1cnc[nH]1)O2. The standard InChI is InChI=1S/C11H9BrN2O/c12-8-1-2-10-7(3-8)4-11(15-10)9-5-13-6-14-9/h1-3,5-6,11H,4H2,(H,13,14). The molecule has 1 aliphatic heterocycles. The van der Waals surface area contributed by atoms with E-state index in [4.69, 9.17) is 4.74 Å². The van der Waals surface area contributed by atoms with E-state index in [1.165, 1.54) is 5.56 Å². The van der Waals surface area contributed by atoms with Crippen LogP contribution in [0.2, 0.25) is 0 Å². The van der Waals surface area contributed by atoms with Crippen molar-refractivity contribution in [2.45, 2.75) is 12.5 Å². The lowest BCUT2D eigenvalue weighted by Crippen LogP contribution is -2.02. The summed E-state index contributed by atoms with van der Waals surface area (Å²) in [5.74, 6) is 0.970. The van der Waals surface area contributed by atoms with Crippen molar-refractivity contribution in [1.29, 1.82) is 0 Å². The lowest BCUT2D eigenvalue weighted by atomic mass is 10.1. The number of aromatic amines is 1. The summed E-state index contributed by atoms with van der Waals surface area (Å²) in [6, 6.07) is 6.09. The smallest absolute Gasteiger partial charge is 0.144 e. The van der Waals surface area contributed by atoms with E-state index in [1.54, 1.807) is 6.33 Å². The Morgan fingerprint density at radius 2 is 2.40 bits per heavy atom. The summed E-state index contributed by atoms with van der Waals surface area (Å²) in [5, 5.41) is 0. The molecule has 0 radical (unpaired) electrons. The van der Waals surface area contributed by atoms with Crippen molar-refractivity contribution < 1.29 is 4.74 Å². The molecule has 1 aromatic heterocycles. The molecule has 0 saturated heterocycles. The first kappa shape index (κ1) is 8.97. The van der Waals surface area contributed by atoms with E-state index < -0.39 is 0 Å². The van der Waals surface area contributed by atoms with E-state index >= 15 is 0 Å². The molecule has 0 amide bonds. The van der Waals surface area contributed by atoms with Crippen molar-refractivity contribution in [1.82, 2.24) is 9.97 Å². The van der Waals surface area contributed by atoms with Gasteiger partial charge in [0.15, 0.2) is 0 Å². The molecule has 0 saturated carbocycles. The van der Waals surface area contributed by atoms with E-state index in [0.29, 0.717) is 0 Å². The van der Waals surface area contributed by atoms with Crippen molar-refractivity contribution in [3.05, 3.63) is 46.5 Å². The summed E-state index contributed by atoms with van der Waals surface area (Å²) in [6.45, 7) is 0. The summed E-state index contributed by atoms with van der Waals surface area (Å²) < 4.78 is 6.91. The highest BCUT2D eigenvalue weighted by molar-refractivity contribution is 9.10. The Morgan fingerprint density at radius 3 is 3.20 bits per heavy atom. The normalized spacial score (nSPS) is 18.6. The highest BCUT2D eigenvalue weighted by Crippen LogP contribution is 2.37. The molecule has 15 heavy (non-hydrogen) atoms. The van der Waals surface area contributed by atoms with Gasteiger partial charge in [-0.2, -0.15) is 0 Å². The largest absolute Gasteiger partial charge is 0.484 e. The number of imidazole rings is 1. The van der Waals surface area contributed by atoms with Gasteiger partial charge in [0, 0.05) is 10.9 Å². The van der Waals surface area contributed by atoms with Crippen LogP contribution in [0.5, 0.6) is 5.75 Å². The minimum Gasteiger partial charge on any atom is -0.484 e. The topological polar surface area (TPSA) is 37.9 Å². The number of aromatic nitrogens is 2. The Balaban J connectivity index is 1.92. The molecule has 2 heterocycles. The summed E-state index contributed by atoms with van der Waals surface area (Å²) in [4.78, 5) is 7.08. The molecule has 1 aliphatic rings. The van der Waals surface area contributed by atoms with Gasteiger partial charge in [-0.3, -0.25) is 0 Å². The fraction of sp³-hybridized carbons (Fsp3) is 0.182. The van der Waals surface area contributed by atoms with Crippen molar-refractivity contribution in [3.63, 3.8) is 0 Å². The summed E-state index contributed by atoms with van der Waals surface area (Å²) >= 11 is 3.46. The second kappa shape index (κ2) is 3.38. The van der Waals surface area contributed by atoms with Crippen LogP contribution in [0.25, 0.3) is 0 Å². The first-order chi connectivity index (χ1) is 7.33. The molecule has 0 bridgehead atoms. The van der Waals surface area contributed by atoms with Gasteiger partial charge in [0.1, 0.15) is 11.9 Å². The number of hydrogen-bond acceptors (Lipinski definition) is 2. The van der Waals surface area contributed by atoms with Gasteiger partial charge in [0.2, 0.25) is 0 Å². The highest BCUT2D eigenvalue weighted by atomic mass is 79.9. The maximum atomic E-state index is 5.81. The van der Waals surface area contributed by atoms with Gasteiger partial charge < -0.3 is 9.72 Å². The maximum Gasteiger partial charge on any atom is 0.144 e. The third kappa shape index (κ3) is 1.55. The number of rotatable bonds is 1. The number of H-pyrrole nitrogens is 1. The second-order valence-corrected chi connectivity index (χ2v) is 4.49. The van der Waals surface area contributed by atoms with Gasteiger partial charge >= 0.3 is 0 Å². The minimum atomic E-state index is 0.0804. The van der Waals surface area contributed by atoms with Gasteiger partial charge in [0.25, 0.3) is 0 Å². The van der Waals surface area contributed by atoms with Crippen LogP contribution in [-0.4, -0.2) is 9.97 Å². The molecule has 1 N–H and O–H groups in total. The van der Waals surface area contributed by atoms with Crippen LogP contribution >= 0.6 is 15.9 Å². The third-order valence-electron chi connectivity index (χ3n) is 2.56. The van der Waals surface area contributed by atoms with Crippen molar-refractivity contribution in [2.75, 3.05) is 0 Å². The van der Waals surface area contributed by atoms with Gasteiger partial charge in [-0.1, -0.05) is 15.9 Å². The highest BCUT2D eigenvalue weighted by Gasteiger charge is 2.25. The van der Waals surface area contributed by atoms with Crippen molar-refractivity contribution in [3.8, 4) is 5.75 Å². The zero-order chi connectivity index (χ0) is 10.3. The summed E-state index contributed by atoms with van der Waals surface area (Å²) in [7, 11) is 0. The quantitative estimate of drug-likeness (QED) is 0.860. The van der Waals surface area contributed by atoms with Crippen LogP contribution in [0.3, 0.4) is 0 Å². The fourth-order valence-corrected chi connectivity index (χ4v) is 2.24. The lowest BCUT2D eigenvalue weighted by Gasteiger charge is -2.06. The molecule has 1 atom stereocenters. The van der Waals surface area contributed by atoms with Gasteiger partial charge in [-0.25, -0.2) is 4.98 Å². The Hall–Kier alpha value is -1.29. The number of benzene rings is 1. The first-order valence-corrected chi connectivity index (χ1v) is 5.55. The average molecular weight is 265 g/mol. The Morgan fingerprint density at radius 1 is 1.47 bits per heavy atom. The van der Waals surface area contributed by atoms with E-state index in [1.807, 2.05) is 18.3 Å². The molecular weight excluding hydrogens is 256 g/mol. The molecule has 2 aromatic rings. The predicted molar refractivity (Wildman–Crippen MR) is 59.8 cm³/mol. The van der Waals surface area contributed by atoms with Gasteiger partial charge in [0.05, 0.1) is 18.2 Å². The molecule has 1 unspecified atom stereocenters. The Labute approximate surface area is 95.6 Å². The monoisotopic (exact) mass is 264 g/mol. The third-order valence-corrected chi connectivity index (χ3v) is 3.06. The fourth-order valence-electron chi connectivity index (χ4n) is 1.83. The number of nitrogens with zero attached hydrogens (tertiary/aromatic N) is 1. The average Bonchev–Trinajstić information content (AvgIpc) is 2.84. The molecule has 0 fully saturated rings. The van der Waals surface area contributed by atoms with Gasteiger partial charge in [-0.05, 0) is 23.8 Å². The maximum absolute atomic E-state index is 5.81. The number of halogens is 1. The zero-order valence-electron chi connectivity index (χ0n) is 7.90. The number of fused-ring (bicyclic) bond motifs is 1. The van der Waals surface area contributed by atoms with E-state index in [2.05, 4.69) is 32.0 Å². The van der Waals surface area contributed by atoms with Crippen LogP contribution in [0.1, 0.15) is 17.4 Å². The van der Waals surface area contributed by atoms with E-state index in [-0.39, 0.29) is 6.10 Å². The molecule has 76 valence electrons. The lowest BCUT2D eigenvalue weighted by molar-refractivity contribution is 0.234. The van der Waals surface area contributed by atoms with Gasteiger partial charge in [-0.15, -0.1) is 0 Å². The van der Waals surface area contributed by atoms with E-state index in [9.17, 15) is 0 Å². The van der Waals surface area contributed by atoms with Crippen LogP contribution in [0.15, 0.2) is 35.2 Å². The van der Waals surface area contributed by atoms with Crippen molar-refractivity contribution >= 4 is 15.9 Å². The number of hydrogen-bond donors (Lipinski definition) is 1. The molecular formula is C11H9BrN2O. The molecule has 0 spiro atoms. The molecule has 3 nitrogen and oxygen atoms in total. The zero-order valence-corrected chi connectivity index (χ0v) is 9.49.